The van der Waals surface area contributed by atoms with E-state index in [1.807, 2.05) is 0 Å². The Balaban J connectivity index is 2.82. The van der Waals surface area contributed by atoms with Crippen molar-refractivity contribution in [2.45, 2.75) is 17.4 Å². The van der Waals surface area contributed by atoms with E-state index in [1.54, 1.807) is 0 Å². The maximum absolute atomic E-state index is 12.7. The van der Waals surface area contributed by atoms with E-state index in [0.29, 0.717) is 0 Å². The summed E-state index contributed by atoms with van der Waals surface area (Å²) in [5.41, 5.74) is 0. The monoisotopic (exact) mass is 277 g/mol. The van der Waals surface area contributed by atoms with Crippen molar-refractivity contribution in [1.29, 1.82) is 0 Å². The SMILES string of the molecule is COCC(CCO)NS(=O)(=O)c1ccc(F)cc1. The molecule has 0 spiro atoms. The van der Waals surface area contributed by atoms with Crippen molar-refractivity contribution >= 4 is 10.0 Å². The van der Waals surface area contributed by atoms with Crippen LogP contribution in [-0.4, -0.2) is 39.9 Å². The Morgan fingerprint density at radius 1 is 1.39 bits per heavy atom. The molecule has 0 amide bonds. The summed E-state index contributed by atoms with van der Waals surface area (Å²) in [6, 6.07) is 3.99. The predicted molar refractivity (Wildman–Crippen MR) is 64.1 cm³/mol. The van der Waals surface area contributed by atoms with Crippen molar-refractivity contribution in [2.24, 2.45) is 0 Å². The molecule has 2 N–H and O–H groups in total. The first kappa shape index (κ1) is 15.0. The molecular formula is C11H16FNO4S. The lowest BCUT2D eigenvalue weighted by Crippen LogP contribution is -2.38. The standard InChI is InChI=1S/C11H16FNO4S/c1-17-8-10(6-7-14)13-18(15,16)11-4-2-9(12)3-5-11/h2-5,10,13-14H,6-8H2,1H3. The van der Waals surface area contributed by atoms with Gasteiger partial charge in [-0.2, -0.15) is 0 Å². The lowest BCUT2D eigenvalue weighted by atomic mass is 10.2. The molecule has 0 radical (unpaired) electrons. The van der Waals surface area contributed by atoms with Crippen LogP contribution in [0.4, 0.5) is 4.39 Å². The number of rotatable bonds is 7. The first-order chi connectivity index (χ1) is 8.49. The maximum atomic E-state index is 12.7. The molecule has 0 bridgehead atoms. The zero-order chi connectivity index (χ0) is 13.6. The molecule has 1 aromatic rings. The first-order valence-electron chi connectivity index (χ1n) is 5.37. The van der Waals surface area contributed by atoms with E-state index in [0.717, 1.165) is 12.1 Å². The van der Waals surface area contributed by atoms with Gasteiger partial charge in [-0.3, -0.25) is 0 Å². The molecule has 5 nitrogen and oxygen atoms in total. The van der Waals surface area contributed by atoms with Crippen molar-refractivity contribution in [1.82, 2.24) is 4.72 Å². The number of aliphatic hydroxyl groups is 1. The molecule has 0 aliphatic rings. The van der Waals surface area contributed by atoms with Gasteiger partial charge in [-0.15, -0.1) is 0 Å². The fraction of sp³-hybridized carbons (Fsp3) is 0.455. The molecule has 1 unspecified atom stereocenters. The number of ether oxygens (including phenoxy) is 1. The van der Waals surface area contributed by atoms with Crippen LogP contribution in [0, 0.1) is 5.82 Å². The molecule has 0 aromatic heterocycles. The van der Waals surface area contributed by atoms with Crippen LogP contribution in [-0.2, 0) is 14.8 Å². The molecule has 0 aliphatic heterocycles. The number of hydrogen-bond donors (Lipinski definition) is 2. The Labute approximate surface area is 106 Å². The van der Waals surface area contributed by atoms with Crippen molar-refractivity contribution in [3.8, 4) is 0 Å². The van der Waals surface area contributed by atoms with E-state index in [9.17, 15) is 12.8 Å². The third-order valence-corrected chi connectivity index (χ3v) is 3.83. The van der Waals surface area contributed by atoms with Crippen molar-refractivity contribution in [3.63, 3.8) is 0 Å². The van der Waals surface area contributed by atoms with Crippen LogP contribution >= 0.6 is 0 Å². The smallest absolute Gasteiger partial charge is 0.240 e. The highest BCUT2D eigenvalue weighted by Gasteiger charge is 2.19. The van der Waals surface area contributed by atoms with Gasteiger partial charge in [0.05, 0.1) is 11.5 Å². The van der Waals surface area contributed by atoms with E-state index in [2.05, 4.69) is 4.72 Å². The summed E-state index contributed by atoms with van der Waals surface area (Å²) in [7, 11) is -2.29. The normalized spacial score (nSPS) is 13.5. The maximum Gasteiger partial charge on any atom is 0.240 e. The highest BCUT2D eigenvalue weighted by Crippen LogP contribution is 2.11. The third-order valence-electron chi connectivity index (χ3n) is 2.29. The van der Waals surface area contributed by atoms with Gasteiger partial charge in [0.1, 0.15) is 5.82 Å². The Bertz CT molecular complexity index is 454. The number of benzene rings is 1. The molecule has 1 aromatic carbocycles. The van der Waals surface area contributed by atoms with Gasteiger partial charge < -0.3 is 9.84 Å². The van der Waals surface area contributed by atoms with Gasteiger partial charge in [-0.05, 0) is 30.7 Å². The summed E-state index contributed by atoms with van der Waals surface area (Å²) in [4.78, 5) is -0.0251. The fourth-order valence-electron chi connectivity index (χ4n) is 1.43. The molecular weight excluding hydrogens is 261 g/mol. The average molecular weight is 277 g/mol. The van der Waals surface area contributed by atoms with Crippen molar-refractivity contribution < 1.29 is 22.7 Å². The van der Waals surface area contributed by atoms with E-state index >= 15 is 0 Å². The van der Waals surface area contributed by atoms with Crippen LogP contribution < -0.4 is 4.72 Å². The van der Waals surface area contributed by atoms with E-state index < -0.39 is 21.9 Å². The van der Waals surface area contributed by atoms with E-state index in [4.69, 9.17) is 9.84 Å². The Hall–Kier alpha value is -1.02. The summed E-state index contributed by atoms with van der Waals surface area (Å²) in [5.74, 6) is -0.502. The summed E-state index contributed by atoms with van der Waals surface area (Å²) >= 11 is 0. The van der Waals surface area contributed by atoms with Gasteiger partial charge in [0.2, 0.25) is 10.0 Å². The number of aliphatic hydroxyl groups excluding tert-OH is 1. The van der Waals surface area contributed by atoms with Crippen LogP contribution in [0.3, 0.4) is 0 Å². The van der Waals surface area contributed by atoms with Crippen molar-refractivity contribution in [2.75, 3.05) is 20.3 Å². The quantitative estimate of drug-likeness (QED) is 0.761. The molecule has 7 heteroatoms. The zero-order valence-electron chi connectivity index (χ0n) is 9.97. The largest absolute Gasteiger partial charge is 0.396 e. The molecule has 102 valence electrons. The fourth-order valence-corrected chi connectivity index (χ4v) is 2.69. The highest BCUT2D eigenvalue weighted by atomic mass is 32.2. The second kappa shape index (κ2) is 6.79. The minimum Gasteiger partial charge on any atom is -0.396 e. The van der Waals surface area contributed by atoms with Crippen LogP contribution in [0.1, 0.15) is 6.42 Å². The highest BCUT2D eigenvalue weighted by molar-refractivity contribution is 7.89. The zero-order valence-corrected chi connectivity index (χ0v) is 10.8. The summed E-state index contributed by atoms with van der Waals surface area (Å²) < 4.78 is 43.8. The van der Waals surface area contributed by atoms with Gasteiger partial charge >= 0.3 is 0 Å². The van der Waals surface area contributed by atoms with Crippen LogP contribution in [0.15, 0.2) is 29.2 Å². The molecule has 0 aliphatic carbocycles. The Morgan fingerprint density at radius 3 is 2.50 bits per heavy atom. The molecule has 0 heterocycles. The number of methoxy groups -OCH3 is 1. The second-order valence-electron chi connectivity index (χ2n) is 3.74. The lowest BCUT2D eigenvalue weighted by Gasteiger charge is -2.16. The van der Waals surface area contributed by atoms with Crippen LogP contribution in [0.25, 0.3) is 0 Å². The van der Waals surface area contributed by atoms with Crippen molar-refractivity contribution in [3.05, 3.63) is 30.1 Å². The summed E-state index contributed by atoms with van der Waals surface area (Å²) in [6.07, 6.45) is 0.244. The van der Waals surface area contributed by atoms with Crippen LogP contribution in [0.5, 0.6) is 0 Å². The summed E-state index contributed by atoms with van der Waals surface area (Å²) in [6.45, 7) is 0.000942. The van der Waals surface area contributed by atoms with E-state index in [-0.39, 0.29) is 24.5 Å². The van der Waals surface area contributed by atoms with E-state index in [1.165, 1.54) is 19.2 Å². The van der Waals surface area contributed by atoms with Gasteiger partial charge in [0.25, 0.3) is 0 Å². The van der Waals surface area contributed by atoms with Gasteiger partial charge in [-0.25, -0.2) is 17.5 Å². The molecule has 1 atom stereocenters. The van der Waals surface area contributed by atoms with Crippen LogP contribution in [0.2, 0.25) is 0 Å². The molecule has 18 heavy (non-hydrogen) atoms. The summed E-state index contributed by atoms with van der Waals surface area (Å²) in [5, 5.41) is 8.83. The number of hydrogen-bond acceptors (Lipinski definition) is 4. The molecule has 0 fully saturated rings. The average Bonchev–Trinajstić information content (AvgIpc) is 2.29. The molecule has 1 rings (SSSR count). The lowest BCUT2D eigenvalue weighted by molar-refractivity contribution is 0.158. The third kappa shape index (κ3) is 4.34. The van der Waals surface area contributed by atoms with Gasteiger partial charge in [0.15, 0.2) is 0 Å². The topological polar surface area (TPSA) is 75.6 Å². The number of nitrogens with one attached hydrogen (secondary N) is 1. The molecule has 0 saturated heterocycles. The number of halogens is 1. The minimum atomic E-state index is -3.73. The molecule has 0 saturated carbocycles. The predicted octanol–water partition coefficient (Wildman–Crippen LogP) is 0.501. The van der Waals surface area contributed by atoms with Gasteiger partial charge in [0, 0.05) is 19.8 Å². The Kier molecular flexibility index (Phi) is 5.67. The van der Waals surface area contributed by atoms with Gasteiger partial charge in [-0.1, -0.05) is 0 Å². The first-order valence-corrected chi connectivity index (χ1v) is 6.85. The second-order valence-corrected chi connectivity index (χ2v) is 5.45. The Morgan fingerprint density at radius 2 is 2.00 bits per heavy atom. The number of sulfonamides is 1. The minimum absolute atomic E-state index is 0.0251.